The van der Waals surface area contributed by atoms with Crippen molar-refractivity contribution in [1.82, 2.24) is 0 Å². The molecule has 0 aromatic heterocycles. The quantitative estimate of drug-likeness (QED) is 0.612. The van der Waals surface area contributed by atoms with Crippen LogP contribution in [0.4, 0.5) is 15.8 Å². The van der Waals surface area contributed by atoms with Crippen molar-refractivity contribution in [3.63, 3.8) is 0 Å². The average molecular weight is 336 g/mol. The highest BCUT2D eigenvalue weighted by Gasteiger charge is 2.37. The summed E-state index contributed by atoms with van der Waals surface area (Å²) in [5, 5.41) is 2.69. The third-order valence-electron chi connectivity index (χ3n) is 4.48. The molecule has 2 heterocycles. The summed E-state index contributed by atoms with van der Waals surface area (Å²) in [4.78, 5) is 12.4. The lowest BCUT2D eigenvalue weighted by Gasteiger charge is -2.23. The van der Waals surface area contributed by atoms with Crippen molar-refractivity contribution in [1.29, 1.82) is 0 Å². The van der Waals surface area contributed by atoms with Gasteiger partial charge in [0.25, 0.3) is 5.91 Å². The molecule has 0 bridgehead atoms. The van der Waals surface area contributed by atoms with E-state index in [2.05, 4.69) is 5.32 Å². The van der Waals surface area contributed by atoms with E-state index in [0.717, 1.165) is 11.1 Å². The number of nitrogen functional groups attached to an aromatic ring is 1. The van der Waals surface area contributed by atoms with Gasteiger partial charge in [-0.25, -0.2) is 4.39 Å². The molecule has 0 radical (unpaired) electrons. The van der Waals surface area contributed by atoms with Gasteiger partial charge in [0, 0.05) is 16.8 Å². The fourth-order valence-corrected chi connectivity index (χ4v) is 3.27. The zero-order valence-electron chi connectivity index (χ0n) is 13.9. The second-order valence-corrected chi connectivity index (χ2v) is 6.68. The smallest absolute Gasteiger partial charge is 0.260 e. The molecular formula is C20H17FN2O2. The Balaban J connectivity index is 1.86. The Labute approximate surface area is 144 Å². The molecule has 0 saturated heterocycles. The summed E-state index contributed by atoms with van der Waals surface area (Å²) < 4.78 is 19.5. The van der Waals surface area contributed by atoms with Gasteiger partial charge in [0.15, 0.2) is 0 Å². The summed E-state index contributed by atoms with van der Waals surface area (Å²) in [6.45, 7) is 3.89. The number of rotatable bonds is 1. The fraction of sp³-hybridized carbons (Fsp3) is 0.150. The molecule has 0 spiro atoms. The van der Waals surface area contributed by atoms with Gasteiger partial charge in [0.1, 0.15) is 17.2 Å². The van der Waals surface area contributed by atoms with Crippen LogP contribution in [0.25, 0.3) is 11.1 Å². The lowest BCUT2D eigenvalue weighted by atomic mass is 9.92. The maximum atomic E-state index is 13.4. The van der Waals surface area contributed by atoms with Crippen LogP contribution in [0.15, 0.2) is 54.3 Å². The van der Waals surface area contributed by atoms with Crippen molar-refractivity contribution in [3.8, 4) is 0 Å². The van der Waals surface area contributed by atoms with Crippen molar-refractivity contribution < 1.29 is 13.9 Å². The largest absolute Gasteiger partial charge is 0.482 e. The molecule has 3 N–H and O–H groups in total. The highest BCUT2D eigenvalue weighted by atomic mass is 19.1. The van der Waals surface area contributed by atoms with Gasteiger partial charge in [0.2, 0.25) is 0 Å². The van der Waals surface area contributed by atoms with Gasteiger partial charge in [-0.05, 0) is 55.8 Å². The maximum absolute atomic E-state index is 13.4. The first-order valence-electron chi connectivity index (χ1n) is 7.98. The standard InChI is InChI=1S/C20H17FN2O2/c1-20(2)15(11-3-6-13(22)7-4-11)10-17(25-20)18-14-8-5-12(21)9-16(14)23-19(18)24/h3-10H,22H2,1-2H3,(H,23,24)/b18-17+. The number of carbonyl (C=O) groups excluding carboxylic acids is 1. The van der Waals surface area contributed by atoms with E-state index in [1.807, 2.05) is 44.2 Å². The van der Waals surface area contributed by atoms with Gasteiger partial charge in [-0.15, -0.1) is 0 Å². The highest BCUT2D eigenvalue weighted by molar-refractivity contribution is 6.32. The number of ether oxygens (including phenoxy) is 1. The van der Waals surface area contributed by atoms with Gasteiger partial charge in [-0.2, -0.15) is 0 Å². The average Bonchev–Trinajstić information content (AvgIpc) is 3.03. The molecular weight excluding hydrogens is 319 g/mol. The molecule has 4 rings (SSSR count). The molecule has 126 valence electrons. The van der Waals surface area contributed by atoms with E-state index < -0.39 is 11.4 Å². The molecule has 1 amide bonds. The summed E-state index contributed by atoms with van der Waals surface area (Å²) in [6, 6.07) is 11.8. The first-order chi connectivity index (χ1) is 11.8. The molecule has 0 unspecified atom stereocenters. The van der Waals surface area contributed by atoms with E-state index in [9.17, 15) is 9.18 Å². The van der Waals surface area contributed by atoms with Crippen LogP contribution in [0.2, 0.25) is 0 Å². The van der Waals surface area contributed by atoms with Crippen molar-refractivity contribution in [2.45, 2.75) is 19.4 Å². The van der Waals surface area contributed by atoms with Crippen LogP contribution in [-0.4, -0.2) is 11.5 Å². The third kappa shape index (κ3) is 2.48. The number of hydrogen-bond acceptors (Lipinski definition) is 3. The monoisotopic (exact) mass is 336 g/mol. The van der Waals surface area contributed by atoms with Gasteiger partial charge in [0.05, 0.1) is 11.3 Å². The van der Waals surface area contributed by atoms with Crippen LogP contribution in [-0.2, 0) is 9.53 Å². The summed E-state index contributed by atoms with van der Waals surface area (Å²) >= 11 is 0. The number of benzene rings is 2. The van der Waals surface area contributed by atoms with Crippen molar-refractivity contribution in [2.75, 3.05) is 11.1 Å². The Bertz CT molecular complexity index is 956. The molecule has 2 aliphatic heterocycles. The lowest BCUT2D eigenvalue weighted by molar-refractivity contribution is -0.111. The number of hydrogen-bond donors (Lipinski definition) is 2. The maximum Gasteiger partial charge on any atom is 0.260 e. The first-order valence-corrected chi connectivity index (χ1v) is 7.98. The Morgan fingerprint density at radius 3 is 2.56 bits per heavy atom. The van der Waals surface area contributed by atoms with Gasteiger partial charge >= 0.3 is 0 Å². The second kappa shape index (κ2) is 5.21. The van der Waals surface area contributed by atoms with Crippen LogP contribution in [0.1, 0.15) is 25.0 Å². The topological polar surface area (TPSA) is 64.3 Å². The number of amides is 1. The number of anilines is 2. The minimum Gasteiger partial charge on any atom is -0.482 e. The minimum atomic E-state index is -0.596. The van der Waals surface area contributed by atoms with E-state index in [1.165, 1.54) is 12.1 Å². The third-order valence-corrected chi connectivity index (χ3v) is 4.48. The molecule has 0 atom stereocenters. The molecule has 5 heteroatoms. The number of carbonyl (C=O) groups is 1. The van der Waals surface area contributed by atoms with Crippen LogP contribution in [0.5, 0.6) is 0 Å². The van der Waals surface area contributed by atoms with Crippen LogP contribution in [0, 0.1) is 5.82 Å². The normalized spacial score (nSPS) is 20.8. The predicted octanol–water partition coefficient (Wildman–Crippen LogP) is 3.96. The Morgan fingerprint density at radius 2 is 1.84 bits per heavy atom. The Hall–Kier alpha value is -3.08. The highest BCUT2D eigenvalue weighted by Crippen LogP contribution is 2.44. The molecule has 0 fully saturated rings. The van der Waals surface area contributed by atoms with E-state index >= 15 is 0 Å². The van der Waals surface area contributed by atoms with E-state index in [4.69, 9.17) is 10.5 Å². The summed E-state index contributed by atoms with van der Waals surface area (Å²) in [5.41, 5.74) is 9.32. The van der Waals surface area contributed by atoms with Crippen molar-refractivity contribution in [3.05, 3.63) is 71.2 Å². The molecule has 2 aromatic carbocycles. The number of nitrogens with two attached hydrogens (primary N) is 1. The first kappa shape index (κ1) is 15.4. The number of halogens is 1. The zero-order chi connectivity index (χ0) is 17.8. The molecule has 2 aliphatic rings. The Morgan fingerprint density at radius 1 is 1.12 bits per heavy atom. The number of nitrogens with one attached hydrogen (secondary N) is 1. The predicted molar refractivity (Wildman–Crippen MR) is 95.9 cm³/mol. The summed E-state index contributed by atoms with van der Waals surface area (Å²) in [7, 11) is 0. The van der Waals surface area contributed by atoms with Crippen molar-refractivity contribution >= 4 is 28.4 Å². The van der Waals surface area contributed by atoms with E-state index in [-0.39, 0.29) is 5.91 Å². The lowest BCUT2D eigenvalue weighted by Crippen LogP contribution is -2.21. The molecule has 25 heavy (non-hydrogen) atoms. The molecule has 2 aromatic rings. The molecule has 0 saturated carbocycles. The SMILES string of the molecule is CC1(C)O/C(=C2/C(=O)Nc3cc(F)ccc32)C=C1c1ccc(N)cc1. The number of fused-ring (bicyclic) bond motifs is 1. The van der Waals surface area contributed by atoms with Gasteiger partial charge < -0.3 is 15.8 Å². The van der Waals surface area contributed by atoms with E-state index in [1.54, 1.807) is 6.07 Å². The van der Waals surface area contributed by atoms with Gasteiger partial charge in [-0.1, -0.05) is 12.1 Å². The summed E-state index contributed by atoms with van der Waals surface area (Å²) in [6.07, 6.45) is 1.87. The fourth-order valence-electron chi connectivity index (χ4n) is 3.27. The molecule has 4 nitrogen and oxygen atoms in total. The van der Waals surface area contributed by atoms with Crippen LogP contribution in [0.3, 0.4) is 0 Å². The Kier molecular flexibility index (Phi) is 3.22. The minimum absolute atomic E-state index is 0.291. The van der Waals surface area contributed by atoms with E-state index in [0.29, 0.717) is 28.3 Å². The second-order valence-electron chi connectivity index (χ2n) is 6.68. The van der Waals surface area contributed by atoms with Crippen LogP contribution < -0.4 is 11.1 Å². The molecule has 0 aliphatic carbocycles. The van der Waals surface area contributed by atoms with Gasteiger partial charge in [-0.3, -0.25) is 4.79 Å². The van der Waals surface area contributed by atoms with Crippen molar-refractivity contribution in [2.24, 2.45) is 0 Å². The summed E-state index contributed by atoms with van der Waals surface area (Å²) in [5.74, 6) is -0.197. The zero-order valence-corrected chi connectivity index (χ0v) is 13.9. The number of allylic oxidation sites excluding steroid dienone is 1. The van der Waals surface area contributed by atoms with Crippen LogP contribution >= 0.6 is 0 Å².